The monoisotopic (exact) mass is 344 g/mol. The standard InChI is InChI=1S/2C8H8O3.Ca/c2*1-11-8(10)6-4-2-3-5-7(6)9;/h2*2-5,9H,1H3;. The third-order valence-electron chi connectivity index (χ3n) is 2.62. The number of rotatable bonds is 2. The van der Waals surface area contributed by atoms with E-state index in [0.717, 1.165) is 0 Å². The summed E-state index contributed by atoms with van der Waals surface area (Å²) in [7, 11) is 2.55. The van der Waals surface area contributed by atoms with Crippen LogP contribution in [0.25, 0.3) is 0 Å². The van der Waals surface area contributed by atoms with Crippen LogP contribution in [0.5, 0.6) is 11.5 Å². The van der Waals surface area contributed by atoms with Crippen molar-refractivity contribution in [2.24, 2.45) is 0 Å². The molecular weight excluding hydrogens is 328 g/mol. The molecule has 0 saturated carbocycles. The minimum Gasteiger partial charge on any atom is -0.507 e. The van der Waals surface area contributed by atoms with Crippen LogP contribution in [0.4, 0.5) is 0 Å². The van der Waals surface area contributed by atoms with Crippen molar-refractivity contribution in [2.75, 3.05) is 14.2 Å². The van der Waals surface area contributed by atoms with Crippen LogP contribution in [-0.4, -0.2) is 74.1 Å². The van der Waals surface area contributed by atoms with E-state index in [4.69, 9.17) is 10.2 Å². The molecule has 0 aliphatic carbocycles. The van der Waals surface area contributed by atoms with Gasteiger partial charge in [0, 0.05) is 37.7 Å². The first-order valence-electron chi connectivity index (χ1n) is 6.23. The number of hydrogen-bond donors (Lipinski definition) is 2. The van der Waals surface area contributed by atoms with Gasteiger partial charge in [0.15, 0.2) is 0 Å². The first-order valence-corrected chi connectivity index (χ1v) is 6.23. The Morgan fingerprint density at radius 3 is 1.30 bits per heavy atom. The predicted molar refractivity (Wildman–Crippen MR) is 84.6 cm³/mol. The van der Waals surface area contributed by atoms with Crippen molar-refractivity contribution in [2.45, 2.75) is 0 Å². The fourth-order valence-electron chi connectivity index (χ4n) is 1.51. The summed E-state index contributed by atoms with van der Waals surface area (Å²) in [5.74, 6) is -1.16. The van der Waals surface area contributed by atoms with E-state index < -0.39 is 11.9 Å². The average molecular weight is 344 g/mol. The maximum absolute atomic E-state index is 10.9. The summed E-state index contributed by atoms with van der Waals surface area (Å²) in [4.78, 5) is 21.7. The van der Waals surface area contributed by atoms with Crippen molar-refractivity contribution in [1.82, 2.24) is 0 Å². The number of aromatic hydroxyl groups is 2. The Morgan fingerprint density at radius 1 is 0.739 bits per heavy atom. The van der Waals surface area contributed by atoms with Crippen LogP contribution in [0.2, 0.25) is 0 Å². The summed E-state index contributed by atoms with van der Waals surface area (Å²) in [5.41, 5.74) is 0.380. The Balaban J connectivity index is 0.000000403. The molecule has 0 bridgehead atoms. The molecule has 23 heavy (non-hydrogen) atoms. The Morgan fingerprint density at radius 2 is 1.04 bits per heavy atom. The Kier molecular flexibility index (Phi) is 10.0. The first kappa shape index (κ1) is 21.2. The van der Waals surface area contributed by atoms with E-state index in [0.29, 0.717) is 0 Å². The summed E-state index contributed by atoms with van der Waals surface area (Å²) in [6.45, 7) is 0. The molecule has 2 aromatic rings. The molecule has 7 heteroatoms. The van der Waals surface area contributed by atoms with Gasteiger partial charge in [0.25, 0.3) is 0 Å². The molecule has 0 heterocycles. The number of carbonyl (C=O) groups is 2. The Bertz CT molecular complexity index is 599. The van der Waals surface area contributed by atoms with Crippen molar-refractivity contribution in [3.63, 3.8) is 0 Å². The number of phenols is 2. The van der Waals surface area contributed by atoms with Gasteiger partial charge in [-0.3, -0.25) is 0 Å². The SMILES string of the molecule is COC(=O)c1ccccc1O.COC(=O)c1ccccc1O.[Ca]. The summed E-state index contributed by atoms with van der Waals surface area (Å²) < 4.78 is 8.84. The second-order valence-electron chi connectivity index (χ2n) is 4.02. The average Bonchev–Trinajstić information content (AvgIpc) is 2.55. The molecule has 0 aromatic heterocycles. The topological polar surface area (TPSA) is 93.1 Å². The minimum absolute atomic E-state index is 0. The molecule has 0 saturated heterocycles. The van der Waals surface area contributed by atoms with Crippen LogP contribution in [0, 0.1) is 0 Å². The minimum atomic E-state index is -0.525. The van der Waals surface area contributed by atoms with Gasteiger partial charge in [0.2, 0.25) is 0 Å². The van der Waals surface area contributed by atoms with Crippen LogP contribution in [-0.2, 0) is 9.47 Å². The largest absolute Gasteiger partial charge is 0.507 e. The van der Waals surface area contributed by atoms with E-state index in [1.165, 1.54) is 38.5 Å². The van der Waals surface area contributed by atoms with E-state index in [-0.39, 0.29) is 60.4 Å². The molecule has 6 nitrogen and oxygen atoms in total. The van der Waals surface area contributed by atoms with Crippen LogP contribution < -0.4 is 0 Å². The quantitative estimate of drug-likeness (QED) is 0.639. The molecule has 0 amide bonds. The van der Waals surface area contributed by atoms with Gasteiger partial charge in [-0.05, 0) is 24.3 Å². The molecular formula is C16H16CaO6. The molecule has 0 spiro atoms. The van der Waals surface area contributed by atoms with Gasteiger partial charge >= 0.3 is 11.9 Å². The van der Waals surface area contributed by atoms with Crippen LogP contribution >= 0.6 is 0 Å². The van der Waals surface area contributed by atoms with E-state index in [1.54, 1.807) is 24.3 Å². The molecule has 2 rings (SSSR count). The number of para-hydroxylation sites is 2. The summed E-state index contributed by atoms with van der Waals surface area (Å²) in [6, 6.07) is 12.5. The van der Waals surface area contributed by atoms with Crippen molar-refractivity contribution < 1.29 is 29.3 Å². The molecule has 0 aliphatic heterocycles. The number of ether oxygens (including phenoxy) is 2. The number of benzene rings is 2. The van der Waals surface area contributed by atoms with Crippen molar-refractivity contribution in [3.8, 4) is 11.5 Å². The number of hydrogen-bond acceptors (Lipinski definition) is 6. The molecule has 2 N–H and O–H groups in total. The van der Waals surface area contributed by atoms with Gasteiger partial charge < -0.3 is 19.7 Å². The van der Waals surface area contributed by atoms with Gasteiger partial charge in [-0.1, -0.05) is 24.3 Å². The summed E-state index contributed by atoms with van der Waals surface area (Å²) >= 11 is 0. The number of esters is 2. The Labute approximate surface area is 163 Å². The molecule has 0 unspecified atom stereocenters. The van der Waals surface area contributed by atoms with Crippen LogP contribution in [0.3, 0.4) is 0 Å². The van der Waals surface area contributed by atoms with Crippen molar-refractivity contribution >= 4 is 49.7 Å². The van der Waals surface area contributed by atoms with Crippen LogP contribution in [0.15, 0.2) is 48.5 Å². The zero-order chi connectivity index (χ0) is 16.5. The number of phenolic OH excluding ortho intramolecular Hbond substituents is 2. The first-order chi connectivity index (χ1) is 10.5. The smallest absolute Gasteiger partial charge is 0.341 e. The molecule has 0 atom stereocenters. The van der Waals surface area contributed by atoms with Gasteiger partial charge in [-0.15, -0.1) is 0 Å². The van der Waals surface area contributed by atoms with Gasteiger partial charge in [-0.2, -0.15) is 0 Å². The van der Waals surface area contributed by atoms with E-state index in [9.17, 15) is 9.59 Å². The van der Waals surface area contributed by atoms with E-state index >= 15 is 0 Å². The van der Waals surface area contributed by atoms with Crippen LogP contribution in [0.1, 0.15) is 20.7 Å². The van der Waals surface area contributed by atoms with Gasteiger partial charge in [-0.25, -0.2) is 9.59 Å². The summed E-state index contributed by atoms with van der Waals surface area (Å²) in [5, 5.41) is 18.2. The Hall–Kier alpha value is -1.76. The zero-order valence-corrected chi connectivity index (χ0v) is 15.1. The summed E-state index contributed by atoms with van der Waals surface area (Å²) in [6.07, 6.45) is 0. The third-order valence-corrected chi connectivity index (χ3v) is 2.62. The molecule has 0 aliphatic rings. The maximum atomic E-state index is 10.9. The second-order valence-corrected chi connectivity index (χ2v) is 4.02. The zero-order valence-electron chi connectivity index (χ0n) is 12.9. The maximum Gasteiger partial charge on any atom is 0.341 e. The molecule has 118 valence electrons. The number of methoxy groups -OCH3 is 2. The molecule has 2 aromatic carbocycles. The van der Waals surface area contributed by atoms with Gasteiger partial charge in [0.1, 0.15) is 22.6 Å². The molecule has 2 radical (unpaired) electrons. The normalized spacial score (nSPS) is 8.78. The van der Waals surface area contributed by atoms with E-state index in [2.05, 4.69) is 9.47 Å². The fourth-order valence-corrected chi connectivity index (χ4v) is 1.51. The third kappa shape index (κ3) is 6.48. The fraction of sp³-hybridized carbons (Fsp3) is 0.125. The number of carbonyl (C=O) groups excluding carboxylic acids is 2. The van der Waals surface area contributed by atoms with E-state index in [1.807, 2.05) is 0 Å². The van der Waals surface area contributed by atoms with Crippen molar-refractivity contribution in [1.29, 1.82) is 0 Å². The van der Waals surface area contributed by atoms with Gasteiger partial charge in [0.05, 0.1) is 14.2 Å². The second kappa shape index (κ2) is 10.9. The molecule has 0 fully saturated rings. The predicted octanol–water partition coefficient (Wildman–Crippen LogP) is 1.98. The van der Waals surface area contributed by atoms with Crippen molar-refractivity contribution in [3.05, 3.63) is 59.7 Å².